The molecule has 0 saturated carbocycles. The first-order valence-corrected chi connectivity index (χ1v) is 11.2. The van der Waals surface area contributed by atoms with Gasteiger partial charge >= 0.3 is 0 Å². The van der Waals surface area contributed by atoms with Gasteiger partial charge in [0.1, 0.15) is 12.4 Å². The van der Waals surface area contributed by atoms with Crippen molar-refractivity contribution in [1.82, 2.24) is 10.3 Å². The molecule has 1 heterocycles. The molecule has 0 aliphatic heterocycles. The largest absolute Gasteiger partial charge is 0.487 e. The molecule has 1 aromatic heterocycles. The number of nitrogens with zero attached hydrogens (tertiary/aromatic N) is 1. The minimum atomic E-state index is -0.149. The topological polar surface area (TPSA) is 60.5 Å². The van der Waals surface area contributed by atoms with Gasteiger partial charge in [0.05, 0.1) is 23.4 Å². The van der Waals surface area contributed by atoms with Gasteiger partial charge in [-0.25, -0.2) is 4.98 Å². The number of hydrogen-bond donors (Lipinski definition) is 1. The van der Waals surface area contributed by atoms with Crippen LogP contribution in [0.25, 0.3) is 6.08 Å². The molecule has 3 aromatic rings. The van der Waals surface area contributed by atoms with E-state index in [0.29, 0.717) is 19.8 Å². The van der Waals surface area contributed by atoms with E-state index in [1.54, 1.807) is 17.4 Å². The summed E-state index contributed by atoms with van der Waals surface area (Å²) in [6, 6.07) is 15.6. The fraction of sp³-hybridized carbons (Fsp3) is 0.280. The summed E-state index contributed by atoms with van der Waals surface area (Å²) < 4.78 is 11.5. The standard InChI is InChI=1S/C25H28N2O3S/c1-18(2)29-15-22-9-5-4-8-21(22)14-26-25(28)12-11-20-7-6-10-24(13-20)30-16-23-17-31-19(3)27-23/h4-13,17-18H,14-16H2,1-3H3,(H,26,28)/b12-11+. The quantitative estimate of drug-likeness (QED) is 0.439. The molecule has 0 aliphatic rings. The van der Waals surface area contributed by atoms with Crippen LogP contribution in [0.1, 0.15) is 41.2 Å². The van der Waals surface area contributed by atoms with Gasteiger partial charge in [0.25, 0.3) is 0 Å². The molecular formula is C25H28N2O3S. The molecule has 31 heavy (non-hydrogen) atoms. The summed E-state index contributed by atoms with van der Waals surface area (Å²) in [6.07, 6.45) is 3.48. The molecule has 5 nitrogen and oxygen atoms in total. The van der Waals surface area contributed by atoms with Crippen molar-refractivity contribution in [1.29, 1.82) is 0 Å². The Labute approximate surface area is 187 Å². The van der Waals surface area contributed by atoms with Crippen LogP contribution in [0.3, 0.4) is 0 Å². The molecular weight excluding hydrogens is 408 g/mol. The fourth-order valence-electron chi connectivity index (χ4n) is 2.88. The van der Waals surface area contributed by atoms with Gasteiger partial charge in [-0.1, -0.05) is 36.4 Å². The molecule has 0 spiro atoms. The van der Waals surface area contributed by atoms with Gasteiger partial charge < -0.3 is 14.8 Å². The normalized spacial score (nSPS) is 11.2. The maximum absolute atomic E-state index is 12.3. The number of hydrogen-bond acceptors (Lipinski definition) is 5. The van der Waals surface area contributed by atoms with Gasteiger partial charge in [-0.3, -0.25) is 4.79 Å². The van der Waals surface area contributed by atoms with E-state index in [1.165, 1.54) is 6.08 Å². The van der Waals surface area contributed by atoms with Crippen molar-refractivity contribution in [2.24, 2.45) is 0 Å². The average Bonchev–Trinajstić information content (AvgIpc) is 3.19. The van der Waals surface area contributed by atoms with Crippen LogP contribution in [0.5, 0.6) is 5.75 Å². The summed E-state index contributed by atoms with van der Waals surface area (Å²) in [7, 11) is 0. The number of carbonyl (C=O) groups is 1. The monoisotopic (exact) mass is 436 g/mol. The number of carbonyl (C=O) groups excluding carboxylic acids is 1. The highest BCUT2D eigenvalue weighted by atomic mass is 32.1. The average molecular weight is 437 g/mol. The number of aryl methyl sites for hydroxylation is 1. The lowest BCUT2D eigenvalue weighted by Gasteiger charge is -2.12. The summed E-state index contributed by atoms with van der Waals surface area (Å²) in [5.41, 5.74) is 3.95. The highest BCUT2D eigenvalue weighted by Gasteiger charge is 2.05. The summed E-state index contributed by atoms with van der Waals surface area (Å²) in [6.45, 7) is 7.41. The highest BCUT2D eigenvalue weighted by molar-refractivity contribution is 7.09. The van der Waals surface area contributed by atoms with Crippen LogP contribution in [0, 0.1) is 6.92 Å². The molecule has 0 fully saturated rings. The number of nitrogens with one attached hydrogen (secondary N) is 1. The van der Waals surface area contributed by atoms with Gasteiger partial charge in [0.15, 0.2) is 0 Å². The van der Waals surface area contributed by atoms with Gasteiger partial charge in [0, 0.05) is 18.0 Å². The summed E-state index contributed by atoms with van der Waals surface area (Å²) in [4.78, 5) is 16.7. The molecule has 0 saturated heterocycles. The highest BCUT2D eigenvalue weighted by Crippen LogP contribution is 2.17. The maximum atomic E-state index is 12.3. The lowest BCUT2D eigenvalue weighted by atomic mass is 10.1. The predicted molar refractivity (Wildman–Crippen MR) is 125 cm³/mol. The third-order valence-electron chi connectivity index (χ3n) is 4.48. The summed E-state index contributed by atoms with van der Waals surface area (Å²) >= 11 is 1.61. The molecule has 0 atom stereocenters. The van der Waals surface area contributed by atoms with E-state index < -0.39 is 0 Å². The minimum absolute atomic E-state index is 0.149. The van der Waals surface area contributed by atoms with Crippen molar-refractivity contribution in [3.05, 3.63) is 87.4 Å². The molecule has 162 valence electrons. The molecule has 3 rings (SSSR count). The van der Waals surface area contributed by atoms with Gasteiger partial charge in [-0.05, 0) is 55.7 Å². The number of rotatable bonds is 10. The lowest BCUT2D eigenvalue weighted by Crippen LogP contribution is -2.21. The summed E-state index contributed by atoms with van der Waals surface area (Å²) in [5.74, 6) is 0.594. The Morgan fingerprint density at radius 2 is 1.94 bits per heavy atom. The lowest BCUT2D eigenvalue weighted by molar-refractivity contribution is -0.116. The van der Waals surface area contributed by atoms with Gasteiger partial charge in [0.2, 0.25) is 5.91 Å². The minimum Gasteiger partial charge on any atom is -0.487 e. The number of amides is 1. The Morgan fingerprint density at radius 1 is 1.13 bits per heavy atom. The van der Waals surface area contributed by atoms with Gasteiger partial charge in [-0.15, -0.1) is 11.3 Å². The van der Waals surface area contributed by atoms with Crippen LogP contribution in [0.15, 0.2) is 60.0 Å². The number of aromatic nitrogens is 1. The number of benzene rings is 2. The van der Waals surface area contributed by atoms with E-state index in [1.807, 2.05) is 74.7 Å². The van der Waals surface area contributed by atoms with E-state index in [2.05, 4.69) is 10.3 Å². The zero-order valence-corrected chi connectivity index (χ0v) is 18.9. The zero-order valence-electron chi connectivity index (χ0n) is 18.1. The molecule has 1 amide bonds. The second-order valence-corrected chi connectivity index (χ2v) is 8.46. The second kappa shape index (κ2) is 11.4. The van der Waals surface area contributed by atoms with Gasteiger partial charge in [-0.2, -0.15) is 0 Å². The van der Waals surface area contributed by atoms with E-state index >= 15 is 0 Å². The Hall–Kier alpha value is -2.96. The Bertz CT molecular complexity index is 1030. The number of ether oxygens (including phenoxy) is 2. The van der Waals surface area contributed by atoms with Crippen molar-refractivity contribution in [3.8, 4) is 5.75 Å². The fourth-order valence-corrected chi connectivity index (χ4v) is 3.48. The molecule has 0 unspecified atom stereocenters. The molecule has 1 N–H and O–H groups in total. The molecule has 2 aromatic carbocycles. The number of thiazole rings is 1. The molecule has 6 heteroatoms. The first-order valence-electron chi connectivity index (χ1n) is 10.3. The first-order chi connectivity index (χ1) is 15.0. The molecule has 0 aliphatic carbocycles. The van der Waals surface area contributed by atoms with Crippen LogP contribution >= 0.6 is 11.3 Å². The van der Waals surface area contributed by atoms with Crippen molar-refractivity contribution in [3.63, 3.8) is 0 Å². The van der Waals surface area contributed by atoms with Crippen molar-refractivity contribution < 1.29 is 14.3 Å². The Kier molecular flexibility index (Phi) is 8.38. The van der Waals surface area contributed by atoms with Crippen LogP contribution < -0.4 is 10.1 Å². The third kappa shape index (κ3) is 7.66. The Balaban J connectivity index is 1.52. The smallest absolute Gasteiger partial charge is 0.244 e. The maximum Gasteiger partial charge on any atom is 0.244 e. The van der Waals surface area contributed by atoms with Crippen LogP contribution in [0.4, 0.5) is 0 Å². The van der Waals surface area contributed by atoms with Crippen LogP contribution in [-0.4, -0.2) is 17.0 Å². The van der Waals surface area contributed by atoms with E-state index in [0.717, 1.165) is 33.1 Å². The van der Waals surface area contributed by atoms with Crippen molar-refractivity contribution >= 4 is 23.3 Å². The van der Waals surface area contributed by atoms with E-state index in [4.69, 9.17) is 9.47 Å². The van der Waals surface area contributed by atoms with Crippen LogP contribution in [-0.2, 0) is 29.3 Å². The predicted octanol–water partition coefficient (Wildman–Crippen LogP) is 5.29. The second-order valence-electron chi connectivity index (χ2n) is 7.40. The Morgan fingerprint density at radius 3 is 2.68 bits per heavy atom. The summed E-state index contributed by atoms with van der Waals surface area (Å²) in [5, 5.41) is 5.96. The van der Waals surface area contributed by atoms with E-state index in [-0.39, 0.29) is 12.0 Å². The first kappa shape index (κ1) is 22.7. The van der Waals surface area contributed by atoms with Crippen molar-refractivity contribution in [2.45, 2.75) is 46.6 Å². The molecule has 0 bridgehead atoms. The van der Waals surface area contributed by atoms with Crippen LogP contribution in [0.2, 0.25) is 0 Å². The van der Waals surface area contributed by atoms with Crippen molar-refractivity contribution in [2.75, 3.05) is 0 Å². The molecule has 0 radical (unpaired) electrons. The SMILES string of the molecule is Cc1nc(COc2cccc(/C=C/C(=O)NCc3ccccc3COC(C)C)c2)cs1. The third-order valence-corrected chi connectivity index (χ3v) is 5.30. The van der Waals surface area contributed by atoms with E-state index in [9.17, 15) is 4.79 Å². The zero-order chi connectivity index (χ0) is 22.1.